The monoisotopic (exact) mass is 320 g/mol. The van der Waals surface area contributed by atoms with E-state index >= 15 is 0 Å². The smallest absolute Gasteiger partial charge is 0.183 e. The van der Waals surface area contributed by atoms with Crippen molar-refractivity contribution in [2.75, 3.05) is 13.2 Å². The standard InChI is InChI=1S/C21H36O2/c1-3-5-7-9-10-15-19-23-21(20-16-12-11-13-17-20)22-18-14-8-6-4-2/h11-13,16-17,21H,3-10,14-15,18-19H2,1-2H3. The molecule has 0 saturated heterocycles. The zero-order valence-corrected chi connectivity index (χ0v) is 15.3. The summed E-state index contributed by atoms with van der Waals surface area (Å²) in [5, 5.41) is 0. The van der Waals surface area contributed by atoms with Crippen molar-refractivity contribution in [3.8, 4) is 0 Å². The van der Waals surface area contributed by atoms with Crippen LogP contribution in [0.25, 0.3) is 0 Å². The lowest BCUT2D eigenvalue weighted by atomic mass is 10.1. The average molecular weight is 321 g/mol. The Labute approximate surface area is 143 Å². The molecule has 0 aliphatic heterocycles. The van der Waals surface area contributed by atoms with Gasteiger partial charge in [-0.25, -0.2) is 0 Å². The molecule has 0 radical (unpaired) electrons. The van der Waals surface area contributed by atoms with E-state index in [1.54, 1.807) is 0 Å². The molecule has 2 nitrogen and oxygen atoms in total. The van der Waals surface area contributed by atoms with Gasteiger partial charge in [0.25, 0.3) is 0 Å². The van der Waals surface area contributed by atoms with E-state index in [9.17, 15) is 0 Å². The first kappa shape index (κ1) is 20.2. The van der Waals surface area contributed by atoms with Crippen LogP contribution in [0.2, 0.25) is 0 Å². The van der Waals surface area contributed by atoms with Crippen molar-refractivity contribution in [2.45, 2.75) is 84.3 Å². The molecule has 0 N–H and O–H groups in total. The Balaban J connectivity index is 2.25. The van der Waals surface area contributed by atoms with Gasteiger partial charge in [-0.05, 0) is 12.8 Å². The molecule has 0 saturated carbocycles. The number of hydrogen-bond acceptors (Lipinski definition) is 2. The van der Waals surface area contributed by atoms with Gasteiger partial charge in [0, 0.05) is 5.56 Å². The van der Waals surface area contributed by atoms with Gasteiger partial charge in [0.05, 0.1) is 13.2 Å². The minimum absolute atomic E-state index is 0.200. The summed E-state index contributed by atoms with van der Waals surface area (Å²) >= 11 is 0. The van der Waals surface area contributed by atoms with E-state index in [1.165, 1.54) is 51.4 Å². The molecular weight excluding hydrogens is 284 g/mol. The Hall–Kier alpha value is -0.860. The van der Waals surface area contributed by atoms with E-state index in [-0.39, 0.29) is 6.29 Å². The van der Waals surface area contributed by atoms with Crippen molar-refractivity contribution in [3.05, 3.63) is 35.9 Å². The lowest BCUT2D eigenvalue weighted by Gasteiger charge is -2.19. The fourth-order valence-electron chi connectivity index (χ4n) is 2.64. The number of rotatable bonds is 15. The van der Waals surface area contributed by atoms with Crippen LogP contribution < -0.4 is 0 Å². The maximum Gasteiger partial charge on any atom is 0.183 e. The lowest BCUT2D eigenvalue weighted by molar-refractivity contribution is -0.148. The predicted molar refractivity (Wildman–Crippen MR) is 98.6 cm³/mol. The Morgan fingerprint density at radius 3 is 1.70 bits per heavy atom. The van der Waals surface area contributed by atoms with Crippen molar-refractivity contribution < 1.29 is 9.47 Å². The number of unbranched alkanes of at least 4 members (excludes halogenated alkanes) is 8. The first-order valence-electron chi connectivity index (χ1n) is 9.66. The second-order valence-electron chi connectivity index (χ2n) is 6.31. The quantitative estimate of drug-likeness (QED) is 0.266. The summed E-state index contributed by atoms with van der Waals surface area (Å²) in [6, 6.07) is 10.3. The largest absolute Gasteiger partial charge is 0.348 e. The Morgan fingerprint density at radius 1 is 0.652 bits per heavy atom. The molecule has 2 heteroatoms. The highest BCUT2D eigenvalue weighted by Crippen LogP contribution is 2.20. The van der Waals surface area contributed by atoms with Gasteiger partial charge in [0.2, 0.25) is 0 Å². The summed E-state index contributed by atoms with van der Waals surface area (Å²) in [6.07, 6.45) is 12.4. The van der Waals surface area contributed by atoms with Gasteiger partial charge in [-0.2, -0.15) is 0 Å². The molecule has 0 aliphatic carbocycles. The van der Waals surface area contributed by atoms with E-state index in [4.69, 9.17) is 9.47 Å². The molecule has 23 heavy (non-hydrogen) atoms. The highest BCUT2D eigenvalue weighted by Gasteiger charge is 2.11. The summed E-state index contributed by atoms with van der Waals surface area (Å²) in [5.74, 6) is 0. The van der Waals surface area contributed by atoms with E-state index in [0.717, 1.165) is 31.6 Å². The van der Waals surface area contributed by atoms with Crippen LogP contribution in [-0.2, 0) is 9.47 Å². The van der Waals surface area contributed by atoms with Crippen molar-refractivity contribution in [1.29, 1.82) is 0 Å². The second kappa shape index (κ2) is 14.7. The molecule has 1 aromatic carbocycles. The molecule has 0 aromatic heterocycles. The Morgan fingerprint density at radius 2 is 1.13 bits per heavy atom. The van der Waals surface area contributed by atoms with Crippen LogP contribution in [0.15, 0.2) is 30.3 Å². The third kappa shape index (κ3) is 10.5. The summed E-state index contributed by atoms with van der Waals surface area (Å²) < 4.78 is 12.0. The van der Waals surface area contributed by atoms with Crippen LogP contribution in [0.4, 0.5) is 0 Å². The third-order valence-corrected chi connectivity index (χ3v) is 4.11. The van der Waals surface area contributed by atoms with Gasteiger partial charge in [-0.1, -0.05) is 95.5 Å². The highest BCUT2D eigenvalue weighted by molar-refractivity contribution is 5.15. The summed E-state index contributed by atoms with van der Waals surface area (Å²) in [6.45, 7) is 6.07. The third-order valence-electron chi connectivity index (χ3n) is 4.11. The molecule has 0 bridgehead atoms. The molecule has 0 aliphatic rings. The number of benzene rings is 1. The average Bonchev–Trinajstić information content (AvgIpc) is 2.59. The maximum atomic E-state index is 6.02. The lowest BCUT2D eigenvalue weighted by Crippen LogP contribution is -2.11. The summed E-state index contributed by atoms with van der Waals surface area (Å²) in [5.41, 5.74) is 1.13. The summed E-state index contributed by atoms with van der Waals surface area (Å²) in [4.78, 5) is 0. The first-order chi connectivity index (χ1) is 11.4. The fraction of sp³-hybridized carbons (Fsp3) is 0.714. The topological polar surface area (TPSA) is 18.5 Å². The molecule has 0 amide bonds. The molecule has 0 fully saturated rings. The predicted octanol–water partition coefficient (Wildman–Crippen LogP) is 6.66. The normalized spacial score (nSPS) is 12.4. The molecule has 0 heterocycles. The van der Waals surface area contributed by atoms with Gasteiger partial charge < -0.3 is 9.47 Å². The van der Waals surface area contributed by atoms with Gasteiger partial charge in [-0.3, -0.25) is 0 Å². The number of hydrogen-bond donors (Lipinski definition) is 0. The minimum atomic E-state index is -0.200. The van der Waals surface area contributed by atoms with Crippen LogP contribution in [0, 0.1) is 0 Å². The molecule has 1 atom stereocenters. The second-order valence-corrected chi connectivity index (χ2v) is 6.31. The first-order valence-corrected chi connectivity index (χ1v) is 9.66. The van der Waals surface area contributed by atoms with Gasteiger partial charge in [0.15, 0.2) is 6.29 Å². The van der Waals surface area contributed by atoms with E-state index in [0.29, 0.717) is 0 Å². The van der Waals surface area contributed by atoms with E-state index in [1.807, 2.05) is 6.07 Å². The van der Waals surface area contributed by atoms with E-state index in [2.05, 4.69) is 38.1 Å². The Kier molecular flexibility index (Phi) is 12.9. The Bertz CT molecular complexity index is 350. The van der Waals surface area contributed by atoms with Gasteiger partial charge >= 0.3 is 0 Å². The van der Waals surface area contributed by atoms with Crippen LogP contribution >= 0.6 is 0 Å². The van der Waals surface area contributed by atoms with Crippen molar-refractivity contribution >= 4 is 0 Å². The van der Waals surface area contributed by atoms with Crippen LogP contribution in [-0.4, -0.2) is 13.2 Å². The van der Waals surface area contributed by atoms with E-state index < -0.39 is 0 Å². The molecular formula is C21H36O2. The van der Waals surface area contributed by atoms with Crippen molar-refractivity contribution in [3.63, 3.8) is 0 Å². The van der Waals surface area contributed by atoms with Crippen LogP contribution in [0.5, 0.6) is 0 Å². The fourth-order valence-corrected chi connectivity index (χ4v) is 2.64. The molecule has 132 valence electrons. The maximum absolute atomic E-state index is 6.02. The van der Waals surface area contributed by atoms with Crippen LogP contribution in [0.3, 0.4) is 0 Å². The van der Waals surface area contributed by atoms with Crippen molar-refractivity contribution in [1.82, 2.24) is 0 Å². The zero-order valence-electron chi connectivity index (χ0n) is 15.3. The molecule has 0 spiro atoms. The number of ether oxygens (including phenoxy) is 2. The highest BCUT2D eigenvalue weighted by atomic mass is 16.7. The zero-order chi connectivity index (χ0) is 16.6. The summed E-state index contributed by atoms with van der Waals surface area (Å²) in [7, 11) is 0. The van der Waals surface area contributed by atoms with Gasteiger partial charge in [-0.15, -0.1) is 0 Å². The molecule has 1 rings (SSSR count). The van der Waals surface area contributed by atoms with Crippen molar-refractivity contribution in [2.24, 2.45) is 0 Å². The van der Waals surface area contributed by atoms with Crippen LogP contribution in [0.1, 0.15) is 89.9 Å². The molecule has 1 aromatic rings. The van der Waals surface area contributed by atoms with Gasteiger partial charge in [0.1, 0.15) is 0 Å². The SMILES string of the molecule is CCCCCCCCOC(OCCCCCC)c1ccccc1. The minimum Gasteiger partial charge on any atom is -0.348 e. The molecule has 1 unspecified atom stereocenters.